The van der Waals surface area contributed by atoms with Crippen molar-refractivity contribution < 1.29 is 0 Å². The quantitative estimate of drug-likeness (QED) is 0.169. The van der Waals surface area contributed by atoms with Gasteiger partial charge in [0.1, 0.15) is 0 Å². The van der Waals surface area contributed by atoms with E-state index in [0.717, 1.165) is 17.1 Å². The van der Waals surface area contributed by atoms with Crippen molar-refractivity contribution >= 4 is 17.1 Å². The molecule has 10 rings (SSSR count). The number of benzene rings is 8. The summed E-state index contributed by atoms with van der Waals surface area (Å²) in [6, 6.07) is 73.9. The van der Waals surface area contributed by atoms with Crippen LogP contribution < -0.4 is 4.90 Å². The van der Waals surface area contributed by atoms with Crippen LogP contribution in [0.1, 0.15) is 47.2 Å². The third kappa shape index (κ3) is 4.70. The number of rotatable bonds is 6. The molecule has 0 saturated carbocycles. The minimum atomic E-state index is -0.438. The van der Waals surface area contributed by atoms with E-state index in [1.165, 1.54) is 66.8 Å². The van der Waals surface area contributed by atoms with Gasteiger partial charge in [-0.05, 0) is 109 Å². The Morgan fingerprint density at radius 3 is 1.47 bits per heavy atom. The molecule has 1 nitrogen and oxygen atoms in total. The summed E-state index contributed by atoms with van der Waals surface area (Å²) >= 11 is 0. The van der Waals surface area contributed by atoms with Gasteiger partial charge in [-0.3, -0.25) is 0 Å². The molecule has 2 aliphatic carbocycles. The van der Waals surface area contributed by atoms with E-state index in [-0.39, 0.29) is 5.41 Å². The fourth-order valence-corrected chi connectivity index (χ4v) is 9.32. The predicted octanol–water partition coefficient (Wildman–Crippen LogP) is 13.5. The predicted molar refractivity (Wildman–Crippen MR) is 221 cm³/mol. The third-order valence-electron chi connectivity index (χ3n) is 11.7. The molecule has 0 atom stereocenters. The normalized spacial score (nSPS) is 14.2. The lowest BCUT2D eigenvalue weighted by atomic mass is 9.67. The van der Waals surface area contributed by atoms with Crippen molar-refractivity contribution in [1.82, 2.24) is 0 Å². The Kier molecular flexibility index (Phi) is 7.13. The fraction of sp³-hybridized carbons (Fsp3) is 0.0769. The van der Waals surface area contributed by atoms with Gasteiger partial charge < -0.3 is 4.90 Å². The van der Waals surface area contributed by atoms with Gasteiger partial charge in [0.05, 0.1) is 5.41 Å². The highest BCUT2D eigenvalue weighted by Crippen LogP contribution is 2.56. The smallest absolute Gasteiger partial charge is 0.0713 e. The van der Waals surface area contributed by atoms with E-state index in [9.17, 15) is 0 Å². The van der Waals surface area contributed by atoms with Gasteiger partial charge in [0.2, 0.25) is 0 Å². The molecule has 8 aromatic carbocycles. The van der Waals surface area contributed by atoms with E-state index in [2.05, 4.69) is 219 Å². The number of hydrogen-bond donors (Lipinski definition) is 0. The Balaban J connectivity index is 1.13. The van der Waals surface area contributed by atoms with Crippen LogP contribution in [0.15, 0.2) is 200 Å². The highest BCUT2D eigenvalue weighted by atomic mass is 15.1. The standard InChI is InChI=1S/C52H39N/c1-51(2)47-28-12-9-25-43(47)46-32-31-42(35-50(46)51)53(40-22-7-4-8-23-40)41-24-16-18-37(34-41)36-17-15-21-39(33-36)52(38-19-5-3-6-20-38)48-29-13-10-26-44(48)45-27-11-14-30-49(45)52/h3-35H,1-2H3. The van der Waals surface area contributed by atoms with Gasteiger partial charge in [-0.1, -0.05) is 172 Å². The van der Waals surface area contributed by atoms with Gasteiger partial charge in [0.15, 0.2) is 0 Å². The Morgan fingerprint density at radius 2 is 0.792 bits per heavy atom. The molecule has 0 unspecified atom stereocenters. The van der Waals surface area contributed by atoms with Crippen molar-refractivity contribution in [2.75, 3.05) is 4.90 Å². The molecule has 252 valence electrons. The van der Waals surface area contributed by atoms with Crippen LogP contribution >= 0.6 is 0 Å². The molecule has 0 amide bonds. The zero-order valence-corrected chi connectivity index (χ0v) is 30.0. The number of fused-ring (bicyclic) bond motifs is 6. The Labute approximate surface area is 312 Å². The molecule has 0 saturated heterocycles. The largest absolute Gasteiger partial charge is 0.310 e. The maximum atomic E-state index is 2.42. The first-order valence-corrected chi connectivity index (χ1v) is 18.6. The Hall–Kier alpha value is -6.44. The molecule has 0 spiro atoms. The fourth-order valence-electron chi connectivity index (χ4n) is 9.32. The van der Waals surface area contributed by atoms with Crippen molar-refractivity contribution in [3.05, 3.63) is 234 Å². The van der Waals surface area contributed by atoms with Gasteiger partial charge in [0, 0.05) is 22.5 Å². The van der Waals surface area contributed by atoms with Crippen LogP contribution in [0.25, 0.3) is 33.4 Å². The molecule has 0 fully saturated rings. The summed E-state index contributed by atoms with van der Waals surface area (Å²) in [5.41, 5.74) is 18.5. The maximum absolute atomic E-state index is 2.42. The topological polar surface area (TPSA) is 3.24 Å². The van der Waals surface area contributed by atoms with Crippen LogP contribution in [0.5, 0.6) is 0 Å². The summed E-state index contributed by atoms with van der Waals surface area (Å²) in [5, 5.41) is 0. The van der Waals surface area contributed by atoms with E-state index in [1.807, 2.05) is 0 Å². The van der Waals surface area contributed by atoms with Crippen LogP contribution in [-0.2, 0) is 10.8 Å². The highest BCUT2D eigenvalue weighted by Gasteiger charge is 2.46. The summed E-state index contributed by atoms with van der Waals surface area (Å²) in [6.45, 7) is 4.70. The molecule has 2 aliphatic rings. The van der Waals surface area contributed by atoms with Crippen molar-refractivity contribution in [3.63, 3.8) is 0 Å². The van der Waals surface area contributed by atoms with Gasteiger partial charge in [0.25, 0.3) is 0 Å². The van der Waals surface area contributed by atoms with Crippen molar-refractivity contribution in [2.24, 2.45) is 0 Å². The minimum absolute atomic E-state index is 0.0846. The van der Waals surface area contributed by atoms with E-state index < -0.39 is 5.41 Å². The van der Waals surface area contributed by atoms with Crippen molar-refractivity contribution in [1.29, 1.82) is 0 Å². The zero-order valence-electron chi connectivity index (χ0n) is 30.0. The molecule has 0 heterocycles. The van der Waals surface area contributed by atoms with Crippen LogP contribution in [0.3, 0.4) is 0 Å². The molecule has 0 bridgehead atoms. The number of hydrogen-bond acceptors (Lipinski definition) is 1. The summed E-state index contributed by atoms with van der Waals surface area (Å²) < 4.78 is 0. The molecule has 8 aromatic rings. The minimum Gasteiger partial charge on any atom is -0.310 e. The molecule has 0 aromatic heterocycles. The molecule has 0 radical (unpaired) electrons. The SMILES string of the molecule is CC1(C)c2ccccc2-c2ccc(N(c3ccccc3)c3cccc(-c4cccc(C5(c6ccccc6)c6ccccc6-c6ccccc65)c4)c3)cc21. The van der Waals surface area contributed by atoms with E-state index in [4.69, 9.17) is 0 Å². The maximum Gasteiger partial charge on any atom is 0.0713 e. The Morgan fingerprint density at radius 1 is 0.321 bits per heavy atom. The van der Waals surface area contributed by atoms with E-state index >= 15 is 0 Å². The lowest BCUT2D eigenvalue weighted by molar-refractivity contribution is 0.660. The Bertz CT molecular complexity index is 2600. The molecule has 0 aliphatic heterocycles. The second-order valence-corrected chi connectivity index (χ2v) is 14.9. The zero-order chi connectivity index (χ0) is 35.6. The lowest BCUT2D eigenvalue weighted by Gasteiger charge is -2.34. The van der Waals surface area contributed by atoms with Gasteiger partial charge >= 0.3 is 0 Å². The van der Waals surface area contributed by atoms with Crippen LogP contribution in [0.2, 0.25) is 0 Å². The third-order valence-corrected chi connectivity index (χ3v) is 11.7. The lowest BCUT2D eigenvalue weighted by Crippen LogP contribution is -2.28. The molecular weight excluding hydrogens is 639 g/mol. The summed E-state index contributed by atoms with van der Waals surface area (Å²) in [6.07, 6.45) is 0. The van der Waals surface area contributed by atoms with Crippen LogP contribution in [0, 0.1) is 0 Å². The molecule has 53 heavy (non-hydrogen) atoms. The second-order valence-electron chi connectivity index (χ2n) is 14.9. The average Bonchev–Trinajstić information content (AvgIpc) is 3.65. The van der Waals surface area contributed by atoms with Crippen LogP contribution in [-0.4, -0.2) is 0 Å². The molecule has 0 N–H and O–H groups in total. The average molecular weight is 678 g/mol. The molecular formula is C52H39N. The highest BCUT2D eigenvalue weighted by molar-refractivity contribution is 5.88. The van der Waals surface area contributed by atoms with Gasteiger partial charge in [-0.25, -0.2) is 0 Å². The molecule has 1 heteroatoms. The monoisotopic (exact) mass is 677 g/mol. The first kappa shape index (κ1) is 31.3. The number of nitrogens with zero attached hydrogens (tertiary/aromatic N) is 1. The summed E-state index contributed by atoms with van der Waals surface area (Å²) in [7, 11) is 0. The van der Waals surface area contributed by atoms with Crippen molar-refractivity contribution in [3.8, 4) is 33.4 Å². The van der Waals surface area contributed by atoms with Gasteiger partial charge in [-0.15, -0.1) is 0 Å². The van der Waals surface area contributed by atoms with E-state index in [1.54, 1.807) is 0 Å². The number of para-hydroxylation sites is 1. The second kappa shape index (κ2) is 12.1. The summed E-state index contributed by atoms with van der Waals surface area (Å²) in [4.78, 5) is 2.40. The van der Waals surface area contributed by atoms with E-state index in [0.29, 0.717) is 0 Å². The number of anilines is 3. The van der Waals surface area contributed by atoms with Crippen LogP contribution in [0.4, 0.5) is 17.1 Å². The van der Waals surface area contributed by atoms with Gasteiger partial charge in [-0.2, -0.15) is 0 Å². The summed E-state index contributed by atoms with van der Waals surface area (Å²) in [5.74, 6) is 0. The first-order chi connectivity index (χ1) is 26.0. The van der Waals surface area contributed by atoms with Crippen molar-refractivity contribution in [2.45, 2.75) is 24.7 Å². The first-order valence-electron chi connectivity index (χ1n) is 18.6.